The van der Waals surface area contributed by atoms with Crippen LogP contribution >= 0.6 is 0 Å². The summed E-state index contributed by atoms with van der Waals surface area (Å²) in [5.41, 5.74) is -1.74. The molecule has 0 saturated carbocycles. The highest BCUT2D eigenvalue weighted by molar-refractivity contribution is 5.95. The fraction of sp³-hybridized carbons (Fsp3) is 0.500. The number of halogens is 6. The molecular formula is C30H32F6N4O2. The van der Waals surface area contributed by atoms with Crippen molar-refractivity contribution < 1.29 is 35.9 Å². The van der Waals surface area contributed by atoms with Gasteiger partial charge in [-0.25, -0.2) is 0 Å². The van der Waals surface area contributed by atoms with Crippen LogP contribution in [0.2, 0.25) is 0 Å². The number of para-hydroxylation sites is 1. The Balaban J connectivity index is 1.38. The first-order valence-corrected chi connectivity index (χ1v) is 14.2. The van der Waals surface area contributed by atoms with E-state index in [0.717, 1.165) is 48.9 Å². The maximum absolute atomic E-state index is 14.0. The van der Waals surface area contributed by atoms with Crippen molar-refractivity contribution >= 4 is 16.8 Å². The summed E-state index contributed by atoms with van der Waals surface area (Å²) in [4.78, 5) is 23.3. The van der Waals surface area contributed by atoms with E-state index in [1.807, 2.05) is 30.5 Å². The van der Waals surface area contributed by atoms with E-state index in [0.29, 0.717) is 38.2 Å². The molecule has 3 atom stereocenters. The lowest BCUT2D eigenvalue weighted by Crippen LogP contribution is -2.62. The third-order valence-electron chi connectivity index (χ3n) is 8.83. The number of nitrogens with zero attached hydrogens (tertiary/aromatic N) is 3. The van der Waals surface area contributed by atoms with Gasteiger partial charge in [-0.3, -0.25) is 14.6 Å². The molecule has 3 fully saturated rings. The van der Waals surface area contributed by atoms with E-state index in [1.165, 1.54) is 4.90 Å². The number of benzene rings is 2. The van der Waals surface area contributed by atoms with Crippen molar-refractivity contribution in [1.29, 1.82) is 0 Å². The number of H-pyrrole nitrogens is 1. The van der Waals surface area contributed by atoms with Crippen molar-refractivity contribution in [2.45, 2.75) is 56.3 Å². The molecule has 6 nitrogen and oxygen atoms in total. The Morgan fingerprint density at radius 2 is 1.60 bits per heavy atom. The van der Waals surface area contributed by atoms with Crippen LogP contribution < -0.4 is 0 Å². The zero-order valence-corrected chi connectivity index (χ0v) is 22.8. The van der Waals surface area contributed by atoms with Gasteiger partial charge in [0.15, 0.2) is 0 Å². The molecule has 226 valence electrons. The van der Waals surface area contributed by atoms with Crippen molar-refractivity contribution in [2.24, 2.45) is 0 Å². The number of nitrogens with one attached hydrogen (secondary N) is 1. The van der Waals surface area contributed by atoms with Gasteiger partial charge < -0.3 is 14.6 Å². The van der Waals surface area contributed by atoms with Gasteiger partial charge in [0.05, 0.1) is 30.5 Å². The molecule has 3 aliphatic rings. The first-order valence-electron chi connectivity index (χ1n) is 14.2. The van der Waals surface area contributed by atoms with Crippen molar-refractivity contribution in [3.05, 3.63) is 70.9 Å². The van der Waals surface area contributed by atoms with Gasteiger partial charge in [-0.2, -0.15) is 26.3 Å². The minimum Gasteiger partial charge on any atom is -0.379 e. The Labute approximate surface area is 239 Å². The zero-order valence-electron chi connectivity index (χ0n) is 22.8. The highest BCUT2D eigenvalue weighted by Gasteiger charge is 2.46. The Bertz CT molecular complexity index is 1400. The normalized spacial score (nSPS) is 24.3. The Kier molecular flexibility index (Phi) is 7.73. The summed E-state index contributed by atoms with van der Waals surface area (Å²) in [6.07, 6.45) is -5.93. The smallest absolute Gasteiger partial charge is 0.379 e. The number of ether oxygens (including phenoxy) is 1. The highest BCUT2D eigenvalue weighted by Crippen LogP contribution is 2.39. The van der Waals surface area contributed by atoms with E-state index in [-0.39, 0.29) is 24.7 Å². The lowest BCUT2D eigenvalue weighted by molar-refractivity contribution is -0.143. The second kappa shape index (κ2) is 11.2. The molecule has 3 saturated heterocycles. The third kappa shape index (κ3) is 5.76. The molecule has 1 amide bonds. The number of fused-ring (bicyclic) bond motifs is 2. The Hall–Kier alpha value is -3.09. The minimum atomic E-state index is -5.04. The topological polar surface area (TPSA) is 51.8 Å². The second-order valence-electron chi connectivity index (χ2n) is 11.4. The number of amides is 1. The fourth-order valence-electron chi connectivity index (χ4n) is 6.82. The van der Waals surface area contributed by atoms with Crippen molar-refractivity contribution in [2.75, 3.05) is 39.4 Å². The van der Waals surface area contributed by atoms with Crippen LogP contribution in [0.4, 0.5) is 26.3 Å². The van der Waals surface area contributed by atoms with Crippen LogP contribution in [0.1, 0.15) is 46.3 Å². The van der Waals surface area contributed by atoms with E-state index >= 15 is 0 Å². The van der Waals surface area contributed by atoms with E-state index < -0.39 is 41.1 Å². The number of hydrogen-bond acceptors (Lipinski definition) is 4. The summed E-state index contributed by atoms with van der Waals surface area (Å²) in [5.74, 6) is -0.827. The Morgan fingerprint density at radius 1 is 0.905 bits per heavy atom. The number of morpholine rings is 1. The minimum absolute atomic E-state index is 0.0608. The van der Waals surface area contributed by atoms with E-state index in [4.69, 9.17) is 4.74 Å². The van der Waals surface area contributed by atoms with Crippen LogP contribution in [0.15, 0.2) is 48.7 Å². The largest absolute Gasteiger partial charge is 0.416 e. The molecule has 0 bridgehead atoms. The van der Waals surface area contributed by atoms with Crippen LogP contribution in [0, 0.1) is 0 Å². The molecule has 3 aromatic rings. The average Bonchev–Trinajstić information content (AvgIpc) is 3.56. The summed E-state index contributed by atoms with van der Waals surface area (Å²) in [6.45, 7) is 3.85. The summed E-state index contributed by atoms with van der Waals surface area (Å²) >= 11 is 0. The van der Waals surface area contributed by atoms with Crippen molar-refractivity contribution in [1.82, 2.24) is 19.7 Å². The summed E-state index contributed by atoms with van der Waals surface area (Å²) in [5, 5.41) is 0.967. The van der Waals surface area contributed by atoms with Gasteiger partial charge in [-0.05, 0) is 49.1 Å². The molecule has 0 spiro atoms. The summed E-state index contributed by atoms with van der Waals surface area (Å²) in [6, 6.07) is 9.11. The second-order valence-corrected chi connectivity index (χ2v) is 11.4. The SMILES string of the molecule is O=C(c1cc(C(F)(F)F)cc(C(F)(F)F)c1)N1CCC2CCC(CN3CCOCC3)N2C1Cc1c[nH]c2ccccc12. The van der Waals surface area contributed by atoms with E-state index in [9.17, 15) is 31.1 Å². The number of carbonyl (C=O) groups excluding carboxylic acids is 1. The van der Waals surface area contributed by atoms with Gasteiger partial charge in [0.25, 0.3) is 5.91 Å². The summed E-state index contributed by atoms with van der Waals surface area (Å²) < 4.78 is 87.4. The molecule has 1 N–H and O–H groups in total. The zero-order chi connectivity index (χ0) is 29.6. The lowest BCUT2D eigenvalue weighted by atomic mass is 9.99. The van der Waals surface area contributed by atoms with Gasteiger partial charge in [-0.1, -0.05) is 18.2 Å². The third-order valence-corrected chi connectivity index (χ3v) is 8.83. The standard InChI is InChI=1S/C30H32F6N4O2/c31-29(32,33)21-13-19(14-22(16-21)30(34,35)36)28(41)39-8-7-23-5-6-24(18-38-9-11-42-12-10-38)40(23)27(39)15-20-17-37-26-4-2-1-3-25(20)26/h1-4,13-14,16-17,23-24,27,37H,5-12,15,18H2. The predicted octanol–water partition coefficient (Wildman–Crippen LogP) is 5.79. The van der Waals surface area contributed by atoms with E-state index in [2.05, 4.69) is 14.8 Å². The number of hydrogen-bond donors (Lipinski definition) is 1. The fourth-order valence-corrected chi connectivity index (χ4v) is 6.82. The van der Waals surface area contributed by atoms with Crippen LogP contribution in [-0.2, 0) is 23.5 Å². The van der Waals surface area contributed by atoms with Crippen molar-refractivity contribution in [3.63, 3.8) is 0 Å². The Morgan fingerprint density at radius 3 is 2.29 bits per heavy atom. The van der Waals surface area contributed by atoms with E-state index in [1.54, 1.807) is 0 Å². The lowest BCUT2D eigenvalue weighted by Gasteiger charge is -2.49. The van der Waals surface area contributed by atoms with Crippen LogP contribution in [0.5, 0.6) is 0 Å². The number of aromatic nitrogens is 1. The molecule has 42 heavy (non-hydrogen) atoms. The highest BCUT2D eigenvalue weighted by atomic mass is 19.4. The summed E-state index contributed by atoms with van der Waals surface area (Å²) in [7, 11) is 0. The number of rotatable bonds is 5. The van der Waals surface area contributed by atoms with Crippen molar-refractivity contribution in [3.8, 4) is 0 Å². The average molecular weight is 595 g/mol. The molecular weight excluding hydrogens is 562 g/mol. The molecule has 3 unspecified atom stereocenters. The number of alkyl halides is 6. The molecule has 1 aromatic heterocycles. The maximum Gasteiger partial charge on any atom is 0.416 e. The first kappa shape index (κ1) is 29.0. The van der Waals surface area contributed by atoms with Crippen LogP contribution in [0.25, 0.3) is 10.9 Å². The van der Waals surface area contributed by atoms with Crippen LogP contribution in [0.3, 0.4) is 0 Å². The molecule has 4 heterocycles. The number of carbonyl (C=O) groups is 1. The number of aromatic amines is 1. The van der Waals surface area contributed by atoms with Gasteiger partial charge >= 0.3 is 12.4 Å². The molecule has 0 radical (unpaired) electrons. The predicted molar refractivity (Wildman–Crippen MR) is 144 cm³/mol. The van der Waals surface area contributed by atoms with Gasteiger partial charge in [0.2, 0.25) is 0 Å². The molecule has 0 aliphatic carbocycles. The van der Waals surface area contributed by atoms with Crippen LogP contribution in [-0.4, -0.2) is 83.2 Å². The van der Waals surface area contributed by atoms with Gasteiger partial charge in [-0.15, -0.1) is 0 Å². The molecule has 2 aromatic carbocycles. The monoisotopic (exact) mass is 594 g/mol. The molecule has 12 heteroatoms. The quantitative estimate of drug-likeness (QED) is 0.381. The molecule has 3 aliphatic heterocycles. The maximum atomic E-state index is 14.0. The van der Waals surface area contributed by atoms with Gasteiger partial charge in [0, 0.05) is 67.3 Å². The molecule has 6 rings (SSSR count). The first-order chi connectivity index (χ1) is 20.0. The van der Waals surface area contributed by atoms with Gasteiger partial charge in [0.1, 0.15) is 0 Å².